The molecule has 0 saturated carbocycles. The number of hydrogen-bond donors (Lipinski definition) is 1. The van der Waals surface area contributed by atoms with Gasteiger partial charge in [0.05, 0.1) is 6.61 Å². The van der Waals surface area contributed by atoms with Crippen LogP contribution in [0.4, 0.5) is 0 Å². The summed E-state index contributed by atoms with van der Waals surface area (Å²) in [5.41, 5.74) is 0. The molecule has 31 heavy (non-hydrogen) atoms. The number of aliphatic hydroxyl groups excluding tert-OH is 1. The van der Waals surface area contributed by atoms with Crippen molar-refractivity contribution in [1.29, 1.82) is 0 Å². The molecule has 0 unspecified atom stereocenters. The van der Waals surface area contributed by atoms with E-state index in [0.717, 1.165) is 19.4 Å². The number of aliphatic hydroxyl groups is 1. The predicted octanol–water partition coefficient (Wildman–Crippen LogP) is 5.80. The molecule has 2 rings (SSSR count). The fourth-order valence-electron chi connectivity index (χ4n) is 4.89. The summed E-state index contributed by atoms with van der Waals surface area (Å²) in [6.07, 6.45) is 6.27. The molecule has 3 heteroatoms. The van der Waals surface area contributed by atoms with E-state index in [0.29, 0.717) is 17.8 Å². The quantitative estimate of drug-likeness (QED) is 0.355. The van der Waals surface area contributed by atoms with Crippen LogP contribution >= 0.6 is 0 Å². The highest BCUT2D eigenvalue weighted by Gasteiger charge is 2.50. The average Bonchev–Trinajstić information content (AvgIpc) is 2.73. The van der Waals surface area contributed by atoms with Crippen LogP contribution in [0.5, 0.6) is 0 Å². The van der Waals surface area contributed by atoms with Crippen molar-refractivity contribution in [3.05, 3.63) is 72.8 Å². The molecule has 170 valence electrons. The second kappa shape index (κ2) is 11.8. The van der Waals surface area contributed by atoms with Crippen LogP contribution in [0.2, 0.25) is 5.04 Å². The SMILES string of the molecule is C[C@@H](CO[Si](c1ccccc1)(c1ccccc1)C(C)(C)C)C[C@H](C)C[C@H](C)/C=C/CO. The molecule has 0 fully saturated rings. The predicted molar refractivity (Wildman–Crippen MR) is 137 cm³/mol. The summed E-state index contributed by atoms with van der Waals surface area (Å²) in [7, 11) is -2.45. The van der Waals surface area contributed by atoms with Crippen LogP contribution < -0.4 is 10.4 Å². The van der Waals surface area contributed by atoms with Gasteiger partial charge in [-0.05, 0) is 46.0 Å². The van der Waals surface area contributed by atoms with Crippen LogP contribution in [0.15, 0.2) is 72.8 Å². The van der Waals surface area contributed by atoms with Crippen molar-refractivity contribution in [2.45, 2.75) is 59.4 Å². The maximum atomic E-state index is 8.99. The van der Waals surface area contributed by atoms with E-state index < -0.39 is 8.32 Å². The molecule has 0 amide bonds. The fraction of sp³-hybridized carbons (Fsp3) is 0.500. The number of rotatable bonds is 11. The summed E-state index contributed by atoms with van der Waals surface area (Å²) in [6.45, 7) is 14.8. The monoisotopic (exact) mass is 438 g/mol. The lowest BCUT2D eigenvalue weighted by atomic mass is 9.90. The highest BCUT2D eigenvalue weighted by molar-refractivity contribution is 6.99. The zero-order valence-corrected chi connectivity index (χ0v) is 21.3. The highest BCUT2D eigenvalue weighted by Crippen LogP contribution is 2.37. The van der Waals surface area contributed by atoms with E-state index in [9.17, 15) is 0 Å². The van der Waals surface area contributed by atoms with Crippen molar-refractivity contribution in [2.75, 3.05) is 13.2 Å². The molecule has 1 N–H and O–H groups in total. The Morgan fingerprint density at radius 3 is 1.81 bits per heavy atom. The maximum Gasteiger partial charge on any atom is 0.261 e. The Morgan fingerprint density at radius 2 is 1.35 bits per heavy atom. The van der Waals surface area contributed by atoms with Crippen LogP contribution in [0.3, 0.4) is 0 Å². The maximum absolute atomic E-state index is 8.99. The summed E-state index contributed by atoms with van der Waals surface area (Å²) in [5, 5.41) is 11.7. The van der Waals surface area contributed by atoms with Gasteiger partial charge in [-0.2, -0.15) is 0 Å². The van der Waals surface area contributed by atoms with Crippen LogP contribution in [0, 0.1) is 17.8 Å². The normalized spacial score (nSPS) is 15.7. The molecule has 0 spiro atoms. The third-order valence-corrected chi connectivity index (χ3v) is 11.2. The zero-order chi connectivity index (χ0) is 22.9. The minimum Gasteiger partial charge on any atom is -0.407 e. The van der Waals surface area contributed by atoms with Gasteiger partial charge >= 0.3 is 0 Å². The van der Waals surface area contributed by atoms with Crippen LogP contribution in [-0.4, -0.2) is 26.6 Å². The Kier molecular flexibility index (Phi) is 9.74. The first-order valence-corrected chi connectivity index (χ1v) is 13.6. The van der Waals surface area contributed by atoms with Gasteiger partial charge in [0.15, 0.2) is 0 Å². The molecule has 0 bridgehead atoms. The molecule has 0 aliphatic heterocycles. The molecule has 0 aromatic heterocycles. The second-order valence-electron chi connectivity index (χ2n) is 10.2. The van der Waals surface area contributed by atoms with Crippen molar-refractivity contribution >= 4 is 18.7 Å². The Balaban J connectivity index is 2.22. The topological polar surface area (TPSA) is 29.5 Å². The summed E-state index contributed by atoms with van der Waals surface area (Å²) >= 11 is 0. The smallest absolute Gasteiger partial charge is 0.261 e. The lowest BCUT2D eigenvalue weighted by molar-refractivity contribution is 0.218. The summed E-state index contributed by atoms with van der Waals surface area (Å²) in [5.74, 6) is 1.61. The minimum atomic E-state index is -2.45. The molecule has 3 atom stereocenters. The van der Waals surface area contributed by atoms with Crippen LogP contribution in [0.25, 0.3) is 0 Å². The lowest BCUT2D eigenvalue weighted by Gasteiger charge is -2.43. The lowest BCUT2D eigenvalue weighted by Crippen LogP contribution is -2.66. The molecular weight excluding hydrogens is 396 g/mol. The van der Waals surface area contributed by atoms with Gasteiger partial charge in [0.25, 0.3) is 8.32 Å². The molecule has 0 radical (unpaired) electrons. The molecule has 0 saturated heterocycles. The van der Waals surface area contributed by atoms with E-state index in [2.05, 4.69) is 108 Å². The van der Waals surface area contributed by atoms with Gasteiger partial charge < -0.3 is 9.53 Å². The van der Waals surface area contributed by atoms with Crippen molar-refractivity contribution in [3.8, 4) is 0 Å². The highest BCUT2D eigenvalue weighted by atomic mass is 28.4. The van der Waals surface area contributed by atoms with Crippen LogP contribution in [-0.2, 0) is 4.43 Å². The summed E-state index contributed by atoms with van der Waals surface area (Å²) in [6, 6.07) is 21.8. The van der Waals surface area contributed by atoms with Crippen molar-refractivity contribution in [1.82, 2.24) is 0 Å². The third-order valence-electron chi connectivity index (χ3n) is 6.15. The standard InChI is InChI=1S/C28H42O2Si/c1-23(14-13-19-29)20-24(2)21-25(3)22-30-31(28(4,5)6,26-15-9-7-10-16-26)27-17-11-8-12-18-27/h7-18,23-25,29H,19-22H2,1-6H3/b14-13+/t23-,24-,25-/m1/s1. The first-order chi connectivity index (χ1) is 14.7. The van der Waals surface area contributed by atoms with Gasteiger partial charge in [-0.15, -0.1) is 0 Å². The number of hydrogen-bond acceptors (Lipinski definition) is 2. The molecular formula is C28H42O2Si. The molecule has 0 heterocycles. The summed E-state index contributed by atoms with van der Waals surface area (Å²) < 4.78 is 7.09. The van der Waals surface area contributed by atoms with Crippen molar-refractivity contribution < 1.29 is 9.53 Å². The van der Waals surface area contributed by atoms with Gasteiger partial charge in [-0.1, -0.05) is 114 Å². The Bertz CT molecular complexity index is 740. The zero-order valence-electron chi connectivity index (χ0n) is 20.3. The molecule has 2 aromatic carbocycles. The van der Waals surface area contributed by atoms with E-state index >= 15 is 0 Å². The van der Waals surface area contributed by atoms with Gasteiger partial charge in [0.2, 0.25) is 0 Å². The largest absolute Gasteiger partial charge is 0.407 e. The van der Waals surface area contributed by atoms with E-state index in [1.807, 2.05) is 6.08 Å². The molecule has 2 nitrogen and oxygen atoms in total. The van der Waals surface area contributed by atoms with Crippen molar-refractivity contribution in [2.24, 2.45) is 17.8 Å². The van der Waals surface area contributed by atoms with Gasteiger partial charge in [0, 0.05) is 6.61 Å². The Labute approximate surface area is 191 Å². The van der Waals surface area contributed by atoms with Crippen molar-refractivity contribution in [3.63, 3.8) is 0 Å². The summed E-state index contributed by atoms with van der Waals surface area (Å²) in [4.78, 5) is 0. The first kappa shape index (κ1) is 25.6. The van der Waals surface area contributed by atoms with Gasteiger partial charge in [-0.25, -0.2) is 0 Å². The van der Waals surface area contributed by atoms with E-state index in [1.54, 1.807) is 0 Å². The number of benzene rings is 2. The molecule has 2 aromatic rings. The average molecular weight is 439 g/mol. The Morgan fingerprint density at radius 1 is 0.839 bits per heavy atom. The molecule has 0 aliphatic rings. The second-order valence-corrected chi connectivity index (χ2v) is 14.5. The minimum absolute atomic E-state index is 0.0185. The first-order valence-electron chi connectivity index (χ1n) is 11.7. The van der Waals surface area contributed by atoms with E-state index in [4.69, 9.17) is 9.53 Å². The van der Waals surface area contributed by atoms with E-state index in [1.165, 1.54) is 10.4 Å². The van der Waals surface area contributed by atoms with Crippen LogP contribution in [0.1, 0.15) is 54.4 Å². The Hall–Kier alpha value is -1.68. The fourth-order valence-corrected chi connectivity index (χ4v) is 9.58. The number of allylic oxidation sites excluding steroid dienone is 1. The van der Waals surface area contributed by atoms with E-state index in [-0.39, 0.29) is 11.6 Å². The van der Waals surface area contributed by atoms with Gasteiger partial charge in [-0.3, -0.25) is 0 Å². The third kappa shape index (κ3) is 6.90. The molecule has 0 aliphatic carbocycles. The van der Waals surface area contributed by atoms with Gasteiger partial charge in [0.1, 0.15) is 0 Å².